The van der Waals surface area contributed by atoms with Gasteiger partial charge in [0.15, 0.2) is 16.3 Å². The van der Waals surface area contributed by atoms with E-state index in [0.29, 0.717) is 49.0 Å². The molecule has 0 radical (unpaired) electrons. The number of thiazole rings is 1. The predicted molar refractivity (Wildman–Crippen MR) is 177 cm³/mol. The van der Waals surface area contributed by atoms with E-state index in [1.165, 1.54) is 29.1 Å². The van der Waals surface area contributed by atoms with E-state index in [-0.39, 0.29) is 29.9 Å². The van der Waals surface area contributed by atoms with Crippen LogP contribution in [-0.2, 0) is 16.1 Å². The fraction of sp³-hybridized carbons (Fsp3) is 0.212. The third-order valence-electron chi connectivity index (χ3n) is 7.03. The summed E-state index contributed by atoms with van der Waals surface area (Å²) in [5.41, 5.74) is 2.70. The first kappa shape index (κ1) is 32.0. The molecule has 1 atom stereocenters. The van der Waals surface area contributed by atoms with E-state index in [1.54, 1.807) is 63.4 Å². The van der Waals surface area contributed by atoms with Crippen molar-refractivity contribution in [2.75, 3.05) is 20.8 Å². The van der Waals surface area contributed by atoms with Gasteiger partial charge in [-0.3, -0.25) is 9.36 Å². The highest BCUT2D eigenvalue weighted by Crippen LogP contribution is 2.35. The summed E-state index contributed by atoms with van der Waals surface area (Å²) in [4.78, 5) is 43.6. The van der Waals surface area contributed by atoms with Crippen molar-refractivity contribution in [2.45, 2.75) is 26.5 Å². The van der Waals surface area contributed by atoms with Crippen LogP contribution in [0.25, 0.3) is 6.08 Å². The largest absolute Gasteiger partial charge is 0.497 e. The Balaban J connectivity index is 1.56. The van der Waals surface area contributed by atoms with Crippen LogP contribution in [0, 0.1) is 3.57 Å². The van der Waals surface area contributed by atoms with Crippen LogP contribution in [0.4, 0.5) is 0 Å². The number of allylic oxidation sites excluding steroid dienone is 1. The first-order chi connectivity index (χ1) is 21.6. The van der Waals surface area contributed by atoms with Crippen LogP contribution >= 0.6 is 33.9 Å². The number of carboxylic acids is 1. The standard InChI is InChI=1S/C33H29IN2O8S/c1-5-43-32(40)27-18(2)35-33-36(28(27)21-9-7-11-23(16-21)41-3)30(37)26(45-33)15-20-13-24(34)29(25(14-20)42-4)44-17-19-8-6-10-22(12-19)31(38)39/h6-16,28H,5,17H2,1-4H3,(H,38,39)/b26-15-/t28-/m0/s1. The molecule has 10 nitrogen and oxygen atoms in total. The van der Waals surface area contributed by atoms with Crippen molar-refractivity contribution in [1.82, 2.24) is 4.57 Å². The molecule has 0 saturated heterocycles. The second-order valence-corrected chi connectivity index (χ2v) is 12.1. The monoisotopic (exact) mass is 740 g/mol. The molecule has 0 fully saturated rings. The zero-order chi connectivity index (χ0) is 32.2. The smallest absolute Gasteiger partial charge is 0.338 e. The Kier molecular flexibility index (Phi) is 9.73. The number of ether oxygens (including phenoxy) is 4. The van der Waals surface area contributed by atoms with Crippen LogP contribution in [0.3, 0.4) is 0 Å². The lowest BCUT2D eigenvalue weighted by atomic mass is 9.95. The van der Waals surface area contributed by atoms with Crippen molar-refractivity contribution >= 4 is 51.9 Å². The molecule has 3 aromatic carbocycles. The molecule has 0 spiro atoms. The molecule has 1 aliphatic heterocycles. The number of benzene rings is 3. The highest BCUT2D eigenvalue weighted by atomic mass is 127. The first-order valence-electron chi connectivity index (χ1n) is 13.8. The lowest BCUT2D eigenvalue weighted by Gasteiger charge is -2.25. The van der Waals surface area contributed by atoms with Gasteiger partial charge in [-0.1, -0.05) is 35.6 Å². The fourth-order valence-corrected chi connectivity index (χ4v) is 6.81. The summed E-state index contributed by atoms with van der Waals surface area (Å²) in [6, 6.07) is 16.6. The number of hydrogen-bond donors (Lipinski definition) is 1. The molecular weight excluding hydrogens is 711 g/mol. The number of halogens is 1. The average molecular weight is 741 g/mol. The van der Waals surface area contributed by atoms with E-state index in [2.05, 4.69) is 27.6 Å². The number of carbonyl (C=O) groups excluding carboxylic acids is 1. The molecular formula is C33H29IN2O8S. The quantitative estimate of drug-likeness (QED) is 0.184. The van der Waals surface area contributed by atoms with Crippen LogP contribution in [0.15, 0.2) is 81.7 Å². The number of carbonyl (C=O) groups is 2. The summed E-state index contributed by atoms with van der Waals surface area (Å²) in [5, 5.41) is 9.29. The highest BCUT2D eigenvalue weighted by Gasteiger charge is 2.33. The van der Waals surface area contributed by atoms with Gasteiger partial charge in [0.2, 0.25) is 0 Å². The second kappa shape index (κ2) is 13.7. The van der Waals surface area contributed by atoms with Gasteiger partial charge in [-0.15, -0.1) is 0 Å². The summed E-state index contributed by atoms with van der Waals surface area (Å²) in [7, 11) is 3.08. The lowest BCUT2D eigenvalue weighted by molar-refractivity contribution is -0.139. The van der Waals surface area contributed by atoms with Crippen LogP contribution in [0.1, 0.15) is 46.9 Å². The van der Waals surface area contributed by atoms with E-state index >= 15 is 0 Å². The van der Waals surface area contributed by atoms with Crippen LogP contribution in [0.5, 0.6) is 17.2 Å². The van der Waals surface area contributed by atoms with Crippen LogP contribution in [0.2, 0.25) is 0 Å². The van der Waals surface area contributed by atoms with Gasteiger partial charge in [0.05, 0.1) is 51.8 Å². The minimum Gasteiger partial charge on any atom is -0.497 e. The first-order valence-corrected chi connectivity index (χ1v) is 15.7. The number of aromatic carboxylic acids is 1. The zero-order valence-corrected chi connectivity index (χ0v) is 27.8. The number of carboxylic acid groups (broad SMARTS) is 1. The van der Waals surface area contributed by atoms with Gasteiger partial charge in [0.25, 0.3) is 5.56 Å². The Morgan fingerprint density at radius 1 is 1.09 bits per heavy atom. The summed E-state index contributed by atoms with van der Waals surface area (Å²) in [5.74, 6) is -0.0209. The maximum Gasteiger partial charge on any atom is 0.338 e. The van der Waals surface area contributed by atoms with E-state index in [4.69, 9.17) is 18.9 Å². The second-order valence-electron chi connectivity index (χ2n) is 9.91. The third kappa shape index (κ3) is 6.66. The zero-order valence-electron chi connectivity index (χ0n) is 24.8. The fourth-order valence-electron chi connectivity index (χ4n) is 4.98. The number of hydrogen-bond acceptors (Lipinski definition) is 9. The molecule has 0 aliphatic carbocycles. The van der Waals surface area contributed by atoms with Crippen molar-refractivity contribution in [3.63, 3.8) is 0 Å². The van der Waals surface area contributed by atoms with Crippen molar-refractivity contribution in [1.29, 1.82) is 0 Å². The minimum absolute atomic E-state index is 0.137. The van der Waals surface area contributed by atoms with Crippen LogP contribution < -0.4 is 29.1 Å². The summed E-state index contributed by atoms with van der Waals surface area (Å²) < 4.78 is 25.1. The van der Waals surface area contributed by atoms with Gasteiger partial charge >= 0.3 is 11.9 Å². The van der Waals surface area contributed by atoms with Gasteiger partial charge < -0.3 is 24.1 Å². The maximum atomic E-state index is 14.0. The normalized spacial score (nSPS) is 14.4. The number of rotatable bonds is 10. The molecule has 45 heavy (non-hydrogen) atoms. The van der Waals surface area contributed by atoms with Gasteiger partial charge in [0.1, 0.15) is 12.4 Å². The Morgan fingerprint density at radius 3 is 2.58 bits per heavy atom. The van der Waals surface area contributed by atoms with E-state index in [0.717, 1.165) is 3.57 Å². The predicted octanol–water partition coefficient (Wildman–Crippen LogP) is 4.70. The summed E-state index contributed by atoms with van der Waals surface area (Å²) >= 11 is 3.35. The average Bonchev–Trinajstić information content (AvgIpc) is 3.33. The molecule has 0 bridgehead atoms. The minimum atomic E-state index is -1.01. The molecule has 0 amide bonds. The van der Waals surface area contributed by atoms with Crippen molar-refractivity contribution < 1.29 is 33.6 Å². The molecule has 4 aromatic rings. The highest BCUT2D eigenvalue weighted by molar-refractivity contribution is 14.1. The SMILES string of the molecule is CCOC(=O)C1=C(C)N=c2s/c(=C\c3cc(I)c(OCc4cccc(C(=O)O)c4)c(OC)c3)c(=O)n2[C@H]1c1cccc(OC)c1. The molecule has 0 unspecified atom stereocenters. The summed E-state index contributed by atoms with van der Waals surface area (Å²) in [6.45, 7) is 3.78. The molecule has 5 rings (SSSR count). The molecule has 1 N–H and O–H groups in total. The molecule has 12 heteroatoms. The van der Waals surface area contributed by atoms with Gasteiger partial charge in [-0.05, 0) is 95.6 Å². The van der Waals surface area contributed by atoms with Crippen molar-refractivity contribution in [3.8, 4) is 17.2 Å². The third-order valence-corrected chi connectivity index (χ3v) is 8.82. The lowest BCUT2D eigenvalue weighted by Crippen LogP contribution is -2.39. The molecule has 232 valence electrons. The molecule has 1 aromatic heterocycles. The molecule has 1 aliphatic rings. The topological polar surface area (TPSA) is 126 Å². The maximum absolute atomic E-state index is 14.0. The van der Waals surface area contributed by atoms with Gasteiger partial charge in [0, 0.05) is 0 Å². The van der Waals surface area contributed by atoms with Gasteiger partial charge in [-0.2, -0.15) is 0 Å². The Hall–Kier alpha value is -4.43. The molecule has 0 saturated carbocycles. The molecule has 2 heterocycles. The Bertz CT molecular complexity index is 2010. The number of fused-ring (bicyclic) bond motifs is 1. The number of methoxy groups -OCH3 is 2. The number of nitrogens with zero attached hydrogens (tertiary/aromatic N) is 2. The van der Waals surface area contributed by atoms with Crippen molar-refractivity contribution in [2.24, 2.45) is 4.99 Å². The Labute approximate surface area is 276 Å². The van der Waals surface area contributed by atoms with Gasteiger partial charge in [-0.25, -0.2) is 14.6 Å². The van der Waals surface area contributed by atoms with E-state index < -0.39 is 18.0 Å². The van der Waals surface area contributed by atoms with E-state index in [9.17, 15) is 19.5 Å². The van der Waals surface area contributed by atoms with Crippen LogP contribution in [-0.4, -0.2) is 42.4 Å². The number of esters is 1. The van der Waals surface area contributed by atoms with Crippen molar-refractivity contribution in [3.05, 3.63) is 117 Å². The Morgan fingerprint density at radius 2 is 1.87 bits per heavy atom. The summed E-state index contributed by atoms with van der Waals surface area (Å²) in [6.07, 6.45) is 1.75. The number of aromatic nitrogens is 1. The van der Waals surface area contributed by atoms with E-state index in [1.807, 2.05) is 18.2 Å².